The highest BCUT2D eigenvalue weighted by Gasteiger charge is 2.63. The van der Waals surface area contributed by atoms with Gasteiger partial charge in [-0.05, 0) is 13.8 Å². The van der Waals surface area contributed by atoms with Crippen LogP contribution in [0.5, 0.6) is 0 Å². The summed E-state index contributed by atoms with van der Waals surface area (Å²) in [6, 6.07) is -1.37. The summed E-state index contributed by atoms with van der Waals surface area (Å²) >= 11 is 0. The molecule has 0 aliphatic heterocycles. The first-order chi connectivity index (χ1) is 9.07. The number of carboxylic acids is 1. The van der Waals surface area contributed by atoms with Crippen molar-refractivity contribution in [3.05, 3.63) is 0 Å². The molecule has 7 heteroatoms. The number of rotatable bonds is 6. The van der Waals surface area contributed by atoms with Gasteiger partial charge in [-0.2, -0.15) is 0 Å². The zero-order chi connectivity index (χ0) is 15.7. The van der Waals surface area contributed by atoms with Crippen molar-refractivity contribution in [2.45, 2.75) is 57.9 Å². The zero-order valence-corrected chi connectivity index (χ0v) is 12.3. The van der Waals surface area contributed by atoms with Gasteiger partial charge in [-0.25, -0.2) is 4.79 Å². The van der Waals surface area contributed by atoms with Crippen LogP contribution in [0.1, 0.15) is 34.1 Å². The molecule has 5 N–H and O–H groups in total. The highest BCUT2D eigenvalue weighted by atomic mass is 16.5. The molecule has 0 heterocycles. The number of aliphatic carboxylic acids is 1. The minimum absolute atomic E-state index is 0.141. The van der Waals surface area contributed by atoms with E-state index in [1.807, 2.05) is 20.8 Å². The van der Waals surface area contributed by atoms with Crippen molar-refractivity contribution >= 4 is 11.9 Å². The molecule has 1 amide bonds. The number of nitrogens with two attached hydrogens (primary N) is 1. The van der Waals surface area contributed by atoms with Crippen molar-refractivity contribution in [3.63, 3.8) is 0 Å². The second-order valence-corrected chi connectivity index (χ2v) is 5.87. The molecule has 1 aliphatic rings. The van der Waals surface area contributed by atoms with E-state index in [1.165, 1.54) is 6.92 Å². The van der Waals surface area contributed by atoms with Gasteiger partial charge in [-0.1, -0.05) is 13.8 Å². The molecule has 0 aromatic carbocycles. The van der Waals surface area contributed by atoms with E-state index in [0.717, 1.165) is 0 Å². The number of carbonyl (C=O) groups is 2. The molecule has 1 rings (SSSR count). The number of ether oxygens (including phenoxy) is 1. The lowest BCUT2D eigenvalue weighted by Gasteiger charge is -2.57. The molecule has 1 aliphatic carbocycles. The van der Waals surface area contributed by atoms with Gasteiger partial charge in [0.1, 0.15) is 5.54 Å². The van der Waals surface area contributed by atoms with Crippen molar-refractivity contribution in [1.29, 1.82) is 0 Å². The summed E-state index contributed by atoms with van der Waals surface area (Å²) in [6.45, 7) is 7.32. The summed E-state index contributed by atoms with van der Waals surface area (Å²) in [7, 11) is 0. The zero-order valence-electron chi connectivity index (χ0n) is 12.3. The maximum atomic E-state index is 12.3. The fourth-order valence-electron chi connectivity index (χ4n) is 2.48. The summed E-state index contributed by atoms with van der Waals surface area (Å²) in [4.78, 5) is 23.3. The third-order valence-electron chi connectivity index (χ3n) is 4.27. The van der Waals surface area contributed by atoms with E-state index in [0.29, 0.717) is 13.0 Å². The second kappa shape index (κ2) is 5.67. The molecule has 0 spiro atoms. The number of nitrogens with one attached hydrogen (secondary N) is 1. The lowest BCUT2D eigenvalue weighted by Crippen LogP contribution is -2.76. The molecule has 4 atom stereocenters. The maximum absolute atomic E-state index is 12.3. The number of aliphatic hydroxyl groups is 1. The molecule has 1 saturated carbocycles. The predicted molar refractivity (Wildman–Crippen MR) is 72.0 cm³/mol. The largest absolute Gasteiger partial charge is 0.480 e. The van der Waals surface area contributed by atoms with Crippen LogP contribution >= 0.6 is 0 Å². The first-order valence-corrected chi connectivity index (χ1v) is 6.70. The Labute approximate surface area is 118 Å². The number of aliphatic hydroxyl groups excluding tert-OH is 1. The highest BCUT2D eigenvalue weighted by Crippen LogP contribution is 2.49. The van der Waals surface area contributed by atoms with Crippen LogP contribution in [0.15, 0.2) is 0 Å². The lowest BCUT2D eigenvalue weighted by atomic mass is 9.54. The summed E-state index contributed by atoms with van der Waals surface area (Å²) in [6.07, 6.45) is -1.02. The Hall–Kier alpha value is -1.18. The van der Waals surface area contributed by atoms with Crippen LogP contribution in [0, 0.1) is 5.41 Å². The molecule has 4 unspecified atom stereocenters. The monoisotopic (exact) mass is 288 g/mol. The summed E-state index contributed by atoms with van der Waals surface area (Å²) in [5.74, 6) is -1.87. The van der Waals surface area contributed by atoms with E-state index in [4.69, 9.17) is 15.6 Å². The first-order valence-electron chi connectivity index (χ1n) is 6.70. The molecular weight excluding hydrogens is 264 g/mol. The molecular formula is C13H24N2O5. The highest BCUT2D eigenvalue weighted by molar-refractivity contribution is 5.92. The van der Waals surface area contributed by atoms with Gasteiger partial charge in [0.2, 0.25) is 5.91 Å². The molecule has 7 nitrogen and oxygen atoms in total. The van der Waals surface area contributed by atoms with E-state index in [9.17, 15) is 14.7 Å². The number of carboxylic acid groups (broad SMARTS) is 1. The average molecular weight is 288 g/mol. The molecule has 116 valence electrons. The van der Waals surface area contributed by atoms with Crippen LogP contribution in [0.4, 0.5) is 0 Å². The van der Waals surface area contributed by atoms with E-state index in [-0.39, 0.29) is 6.10 Å². The Morgan fingerprint density at radius 1 is 1.50 bits per heavy atom. The summed E-state index contributed by atoms with van der Waals surface area (Å²) in [5.41, 5.74) is 4.33. The topological polar surface area (TPSA) is 122 Å². The van der Waals surface area contributed by atoms with Gasteiger partial charge < -0.3 is 26.0 Å². The Kier molecular flexibility index (Phi) is 4.78. The van der Waals surface area contributed by atoms with E-state index in [2.05, 4.69) is 5.32 Å². The fourth-order valence-corrected chi connectivity index (χ4v) is 2.48. The van der Waals surface area contributed by atoms with Crippen LogP contribution in [0.3, 0.4) is 0 Å². The first kappa shape index (κ1) is 16.9. The van der Waals surface area contributed by atoms with Crippen LogP contribution in [0.2, 0.25) is 0 Å². The van der Waals surface area contributed by atoms with Crippen molar-refractivity contribution in [3.8, 4) is 0 Å². The van der Waals surface area contributed by atoms with E-state index in [1.54, 1.807) is 0 Å². The third-order valence-corrected chi connectivity index (χ3v) is 4.27. The minimum Gasteiger partial charge on any atom is -0.480 e. The van der Waals surface area contributed by atoms with Crippen molar-refractivity contribution in [2.75, 3.05) is 6.61 Å². The van der Waals surface area contributed by atoms with Gasteiger partial charge in [-0.15, -0.1) is 0 Å². The Bertz CT molecular complexity index is 396. The predicted octanol–water partition coefficient (Wildman–Crippen LogP) is -0.531. The quantitative estimate of drug-likeness (QED) is 0.521. The number of amides is 1. The van der Waals surface area contributed by atoms with Gasteiger partial charge in [0.15, 0.2) is 6.04 Å². The number of hydrogen-bond donors (Lipinski definition) is 4. The second-order valence-electron chi connectivity index (χ2n) is 5.87. The Balaban J connectivity index is 2.80. The molecule has 0 aromatic rings. The van der Waals surface area contributed by atoms with Crippen LogP contribution in [-0.2, 0) is 14.3 Å². The maximum Gasteiger partial charge on any atom is 0.328 e. The standard InChI is InChI=1S/C13H24N2O5/c1-5-20-8-6-13(14,12(8,3)4)11(19)15-9(7(2)16)10(17)18/h7-9,16H,5-6,14H2,1-4H3,(H,15,19)(H,17,18). The summed E-state index contributed by atoms with van der Waals surface area (Å²) < 4.78 is 5.51. The molecule has 20 heavy (non-hydrogen) atoms. The van der Waals surface area contributed by atoms with Gasteiger partial charge in [-0.3, -0.25) is 4.79 Å². The van der Waals surface area contributed by atoms with Gasteiger partial charge in [0.25, 0.3) is 0 Å². The molecule has 1 fully saturated rings. The molecule has 0 aromatic heterocycles. The van der Waals surface area contributed by atoms with Crippen molar-refractivity contribution in [1.82, 2.24) is 5.32 Å². The van der Waals surface area contributed by atoms with E-state index >= 15 is 0 Å². The molecule has 0 bridgehead atoms. The summed E-state index contributed by atoms with van der Waals surface area (Å²) in [5, 5.41) is 20.7. The Morgan fingerprint density at radius 3 is 2.40 bits per heavy atom. The number of hydrogen-bond acceptors (Lipinski definition) is 5. The lowest BCUT2D eigenvalue weighted by molar-refractivity contribution is -0.173. The van der Waals surface area contributed by atoms with Gasteiger partial charge in [0.05, 0.1) is 12.2 Å². The van der Waals surface area contributed by atoms with Crippen LogP contribution < -0.4 is 11.1 Å². The van der Waals surface area contributed by atoms with Crippen molar-refractivity contribution < 1.29 is 24.5 Å². The van der Waals surface area contributed by atoms with Crippen LogP contribution in [0.25, 0.3) is 0 Å². The molecule has 0 radical (unpaired) electrons. The fraction of sp³-hybridized carbons (Fsp3) is 0.846. The van der Waals surface area contributed by atoms with Gasteiger partial charge in [0, 0.05) is 18.4 Å². The normalized spacial score (nSPS) is 31.0. The van der Waals surface area contributed by atoms with Crippen molar-refractivity contribution in [2.24, 2.45) is 11.1 Å². The smallest absolute Gasteiger partial charge is 0.328 e. The van der Waals surface area contributed by atoms with Crippen LogP contribution in [-0.4, -0.2) is 52.5 Å². The third kappa shape index (κ3) is 2.65. The van der Waals surface area contributed by atoms with Gasteiger partial charge >= 0.3 is 5.97 Å². The average Bonchev–Trinajstić information content (AvgIpc) is 2.34. The SMILES string of the molecule is CCOC1CC(N)(C(=O)NC(C(=O)O)C(C)O)C1(C)C. The Morgan fingerprint density at radius 2 is 2.05 bits per heavy atom. The van der Waals surface area contributed by atoms with E-state index < -0.39 is 35.0 Å². The molecule has 0 saturated heterocycles. The minimum atomic E-state index is -1.37. The number of carbonyl (C=O) groups excluding carboxylic acids is 1.